The monoisotopic (exact) mass is 214 g/mol. The van der Waals surface area contributed by atoms with E-state index < -0.39 is 0 Å². The molecular formula is C10H15ClN2O. The minimum atomic E-state index is 0. The Bertz CT molecular complexity index is 287. The topological polar surface area (TPSA) is 34.1 Å². The summed E-state index contributed by atoms with van der Waals surface area (Å²) in [4.78, 5) is 4.19. The summed E-state index contributed by atoms with van der Waals surface area (Å²) in [5.41, 5.74) is 1.11. The molecule has 1 fully saturated rings. The van der Waals surface area contributed by atoms with Crippen LogP contribution < -0.4 is 10.1 Å². The molecule has 1 atom stereocenters. The molecular weight excluding hydrogens is 200 g/mol. The van der Waals surface area contributed by atoms with E-state index in [9.17, 15) is 0 Å². The molecule has 1 aliphatic heterocycles. The number of aryl methyl sites for hydroxylation is 1. The van der Waals surface area contributed by atoms with Crippen molar-refractivity contribution in [3.8, 4) is 5.88 Å². The van der Waals surface area contributed by atoms with Crippen molar-refractivity contribution in [1.82, 2.24) is 10.3 Å². The average molecular weight is 215 g/mol. The van der Waals surface area contributed by atoms with Crippen molar-refractivity contribution in [1.29, 1.82) is 0 Å². The number of pyridine rings is 1. The lowest BCUT2D eigenvalue weighted by Crippen LogP contribution is -2.20. The first kappa shape index (κ1) is 11.3. The minimum Gasteiger partial charge on any atom is -0.473 e. The van der Waals surface area contributed by atoms with Crippen LogP contribution in [0.2, 0.25) is 0 Å². The Labute approximate surface area is 90.3 Å². The Hall–Kier alpha value is -0.800. The molecule has 0 aromatic carbocycles. The summed E-state index contributed by atoms with van der Waals surface area (Å²) in [6.45, 7) is 4.01. The van der Waals surface area contributed by atoms with Crippen molar-refractivity contribution in [2.24, 2.45) is 0 Å². The third-order valence-corrected chi connectivity index (χ3v) is 2.25. The van der Waals surface area contributed by atoms with Crippen LogP contribution in [0.25, 0.3) is 0 Å². The molecule has 1 aliphatic rings. The molecule has 2 rings (SSSR count). The van der Waals surface area contributed by atoms with E-state index in [1.807, 2.05) is 19.1 Å². The van der Waals surface area contributed by atoms with Crippen LogP contribution in [0.5, 0.6) is 5.88 Å². The Morgan fingerprint density at radius 1 is 1.57 bits per heavy atom. The smallest absolute Gasteiger partial charge is 0.216 e. The maximum atomic E-state index is 5.73. The van der Waals surface area contributed by atoms with Gasteiger partial charge in [-0.25, -0.2) is 4.98 Å². The highest BCUT2D eigenvalue weighted by Gasteiger charge is 2.16. The van der Waals surface area contributed by atoms with Gasteiger partial charge in [0.2, 0.25) is 5.88 Å². The standard InChI is InChI=1S/C10H14N2O.ClH/c1-8-3-2-5-12-10(8)13-9-4-6-11-7-9;/h2-3,5,9,11H,4,6-7H2,1H3;1H. The largest absolute Gasteiger partial charge is 0.473 e. The van der Waals surface area contributed by atoms with Gasteiger partial charge in [-0.3, -0.25) is 0 Å². The van der Waals surface area contributed by atoms with E-state index in [4.69, 9.17) is 4.74 Å². The molecule has 0 radical (unpaired) electrons. The van der Waals surface area contributed by atoms with Gasteiger partial charge in [-0.2, -0.15) is 0 Å². The zero-order valence-electron chi connectivity index (χ0n) is 8.19. The van der Waals surface area contributed by atoms with Crippen LogP contribution in [0.3, 0.4) is 0 Å². The molecule has 1 unspecified atom stereocenters. The highest BCUT2D eigenvalue weighted by atomic mass is 35.5. The second kappa shape index (κ2) is 5.17. The molecule has 14 heavy (non-hydrogen) atoms. The number of hydrogen-bond donors (Lipinski definition) is 1. The van der Waals surface area contributed by atoms with Gasteiger partial charge in [0.25, 0.3) is 0 Å². The number of rotatable bonds is 2. The van der Waals surface area contributed by atoms with E-state index in [0.29, 0.717) is 6.10 Å². The quantitative estimate of drug-likeness (QED) is 0.811. The highest BCUT2D eigenvalue weighted by molar-refractivity contribution is 5.85. The first-order chi connectivity index (χ1) is 6.36. The zero-order valence-corrected chi connectivity index (χ0v) is 9.01. The highest BCUT2D eigenvalue weighted by Crippen LogP contribution is 2.16. The van der Waals surface area contributed by atoms with Crippen molar-refractivity contribution in [3.63, 3.8) is 0 Å². The van der Waals surface area contributed by atoms with Gasteiger partial charge in [0.15, 0.2) is 0 Å². The maximum absolute atomic E-state index is 5.73. The second-order valence-corrected chi connectivity index (χ2v) is 3.36. The lowest BCUT2D eigenvalue weighted by Gasteiger charge is -2.12. The lowest BCUT2D eigenvalue weighted by atomic mass is 10.3. The molecule has 1 N–H and O–H groups in total. The summed E-state index contributed by atoms with van der Waals surface area (Å²) >= 11 is 0. The molecule has 3 nitrogen and oxygen atoms in total. The second-order valence-electron chi connectivity index (χ2n) is 3.36. The SMILES string of the molecule is Cc1cccnc1OC1CCNC1.Cl. The van der Waals surface area contributed by atoms with Gasteiger partial charge in [0, 0.05) is 18.3 Å². The number of aromatic nitrogens is 1. The maximum Gasteiger partial charge on any atom is 0.216 e. The van der Waals surface area contributed by atoms with E-state index in [1.54, 1.807) is 6.20 Å². The number of nitrogens with zero attached hydrogens (tertiary/aromatic N) is 1. The summed E-state index contributed by atoms with van der Waals surface area (Å²) < 4.78 is 5.73. The van der Waals surface area contributed by atoms with Crippen LogP contribution in [0.4, 0.5) is 0 Å². The Kier molecular flexibility index (Phi) is 4.17. The van der Waals surface area contributed by atoms with Gasteiger partial charge >= 0.3 is 0 Å². The molecule has 78 valence electrons. The number of halogens is 1. The summed E-state index contributed by atoms with van der Waals surface area (Å²) in [7, 11) is 0. The van der Waals surface area contributed by atoms with Gasteiger partial charge in [-0.15, -0.1) is 12.4 Å². The Morgan fingerprint density at radius 2 is 2.43 bits per heavy atom. The zero-order chi connectivity index (χ0) is 9.10. The first-order valence-electron chi connectivity index (χ1n) is 4.65. The number of ether oxygens (including phenoxy) is 1. The summed E-state index contributed by atoms with van der Waals surface area (Å²) in [6, 6.07) is 3.94. The summed E-state index contributed by atoms with van der Waals surface area (Å²) in [5.74, 6) is 0.774. The van der Waals surface area contributed by atoms with Crippen molar-refractivity contribution >= 4 is 12.4 Å². The molecule has 1 saturated heterocycles. The van der Waals surface area contributed by atoms with Crippen molar-refractivity contribution < 1.29 is 4.74 Å². The molecule has 0 bridgehead atoms. The summed E-state index contributed by atoms with van der Waals surface area (Å²) in [5, 5.41) is 3.26. The molecule has 1 aromatic rings. The fraction of sp³-hybridized carbons (Fsp3) is 0.500. The van der Waals surface area contributed by atoms with Crippen LogP contribution in [0, 0.1) is 6.92 Å². The molecule has 0 amide bonds. The molecule has 1 aromatic heterocycles. The van der Waals surface area contributed by atoms with E-state index in [-0.39, 0.29) is 12.4 Å². The van der Waals surface area contributed by atoms with Crippen LogP contribution in [0.1, 0.15) is 12.0 Å². The van der Waals surface area contributed by atoms with Gasteiger partial charge in [0.1, 0.15) is 6.10 Å². The van der Waals surface area contributed by atoms with Crippen LogP contribution in [-0.4, -0.2) is 24.2 Å². The van der Waals surface area contributed by atoms with E-state index in [2.05, 4.69) is 10.3 Å². The van der Waals surface area contributed by atoms with E-state index in [0.717, 1.165) is 31.0 Å². The van der Waals surface area contributed by atoms with E-state index >= 15 is 0 Å². The van der Waals surface area contributed by atoms with Gasteiger partial charge in [-0.05, 0) is 26.0 Å². The normalized spacial score (nSPS) is 20.2. The average Bonchev–Trinajstić information content (AvgIpc) is 2.61. The predicted molar refractivity (Wildman–Crippen MR) is 58.1 cm³/mol. The van der Waals surface area contributed by atoms with E-state index in [1.165, 1.54) is 0 Å². The van der Waals surface area contributed by atoms with Crippen molar-refractivity contribution in [3.05, 3.63) is 23.9 Å². The molecule has 0 saturated carbocycles. The number of hydrogen-bond acceptors (Lipinski definition) is 3. The Morgan fingerprint density at radius 3 is 3.07 bits per heavy atom. The van der Waals surface area contributed by atoms with Gasteiger partial charge in [-0.1, -0.05) is 6.07 Å². The third-order valence-electron chi connectivity index (χ3n) is 2.25. The van der Waals surface area contributed by atoms with Crippen molar-refractivity contribution in [2.45, 2.75) is 19.4 Å². The number of nitrogens with one attached hydrogen (secondary N) is 1. The molecule has 0 aliphatic carbocycles. The minimum absolute atomic E-state index is 0. The van der Waals surface area contributed by atoms with Gasteiger partial charge in [0.05, 0.1) is 0 Å². The van der Waals surface area contributed by atoms with Crippen molar-refractivity contribution in [2.75, 3.05) is 13.1 Å². The lowest BCUT2D eigenvalue weighted by molar-refractivity contribution is 0.212. The molecule has 2 heterocycles. The molecule has 4 heteroatoms. The molecule has 0 spiro atoms. The first-order valence-corrected chi connectivity index (χ1v) is 4.65. The fourth-order valence-electron chi connectivity index (χ4n) is 1.48. The fourth-order valence-corrected chi connectivity index (χ4v) is 1.48. The third kappa shape index (κ3) is 2.59. The summed E-state index contributed by atoms with van der Waals surface area (Å²) in [6.07, 6.45) is 3.15. The predicted octanol–water partition coefficient (Wildman–Crippen LogP) is 1.55. The Balaban J connectivity index is 0.000000980. The van der Waals surface area contributed by atoms with Crippen LogP contribution >= 0.6 is 12.4 Å². The van der Waals surface area contributed by atoms with Crippen LogP contribution in [-0.2, 0) is 0 Å². The van der Waals surface area contributed by atoms with Gasteiger partial charge < -0.3 is 10.1 Å². The van der Waals surface area contributed by atoms with Crippen LogP contribution in [0.15, 0.2) is 18.3 Å².